The van der Waals surface area contributed by atoms with E-state index in [-0.39, 0.29) is 5.84 Å². The SMILES string of the molecule is C=CC(=O)O/N=C(\N)Cc1ccc(Cl)cc1. The fourth-order valence-electron chi connectivity index (χ4n) is 0.985. The van der Waals surface area contributed by atoms with E-state index in [0.717, 1.165) is 11.6 Å². The topological polar surface area (TPSA) is 64.7 Å². The Labute approximate surface area is 98.3 Å². The van der Waals surface area contributed by atoms with Crippen molar-refractivity contribution >= 4 is 23.4 Å². The third-order valence-corrected chi connectivity index (χ3v) is 1.97. The van der Waals surface area contributed by atoms with Crippen molar-refractivity contribution < 1.29 is 9.63 Å². The number of hydrogen-bond donors (Lipinski definition) is 1. The van der Waals surface area contributed by atoms with Crippen LogP contribution in [0.15, 0.2) is 42.1 Å². The summed E-state index contributed by atoms with van der Waals surface area (Å²) in [6.07, 6.45) is 1.40. The molecular formula is C11H11ClN2O2. The lowest BCUT2D eigenvalue weighted by Gasteiger charge is -2.00. The van der Waals surface area contributed by atoms with Gasteiger partial charge in [-0.15, -0.1) is 0 Å². The van der Waals surface area contributed by atoms with E-state index in [0.29, 0.717) is 11.4 Å². The Hall–Kier alpha value is -1.81. The first kappa shape index (κ1) is 12.3. The van der Waals surface area contributed by atoms with Gasteiger partial charge in [0.05, 0.1) is 0 Å². The van der Waals surface area contributed by atoms with E-state index in [9.17, 15) is 4.79 Å². The Morgan fingerprint density at radius 2 is 2.12 bits per heavy atom. The fraction of sp³-hybridized carbons (Fsp3) is 0.0909. The molecule has 2 N–H and O–H groups in total. The van der Waals surface area contributed by atoms with Gasteiger partial charge < -0.3 is 10.6 Å². The Bertz CT molecular complexity index is 412. The van der Waals surface area contributed by atoms with Gasteiger partial charge in [0.2, 0.25) is 0 Å². The van der Waals surface area contributed by atoms with E-state index in [1.165, 1.54) is 0 Å². The van der Waals surface area contributed by atoms with Gasteiger partial charge in [0.15, 0.2) is 0 Å². The number of carbonyl (C=O) groups is 1. The van der Waals surface area contributed by atoms with Crippen LogP contribution in [0.5, 0.6) is 0 Å². The highest BCUT2D eigenvalue weighted by atomic mass is 35.5. The molecule has 5 heteroatoms. The maximum absolute atomic E-state index is 10.7. The Balaban J connectivity index is 2.56. The van der Waals surface area contributed by atoms with E-state index in [4.69, 9.17) is 17.3 Å². The van der Waals surface area contributed by atoms with Gasteiger partial charge in [-0.3, -0.25) is 0 Å². The Morgan fingerprint density at radius 3 is 2.69 bits per heavy atom. The number of amidine groups is 1. The van der Waals surface area contributed by atoms with Crippen LogP contribution in [0.2, 0.25) is 5.02 Å². The van der Waals surface area contributed by atoms with E-state index in [1.54, 1.807) is 12.1 Å². The highest BCUT2D eigenvalue weighted by Crippen LogP contribution is 2.09. The van der Waals surface area contributed by atoms with E-state index in [2.05, 4.69) is 16.6 Å². The molecular weight excluding hydrogens is 228 g/mol. The number of rotatable bonds is 4. The van der Waals surface area contributed by atoms with Crippen LogP contribution < -0.4 is 5.73 Å². The molecule has 0 aliphatic carbocycles. The molecule has 0 heterocycles. The molecule has 0 spiro atoms. The predicted molar refractivity (Wildman–Crippen MR) is 63.1 cm³/mol. The second-order valence-corrected chi connectivity index (χ2v) is 3.44. The lowest BCUT2D eigenvalue weighted by molar-refractivity contribution is -0.137. The van der Waals surface area contributed by atoms with Gasteiger partial charge in [0.1, 0.15) is 5.84 Å². The molecule has 0 saturated heterocycles. The van der Waals surface area contributed by atoms with Crippen molar-refractivity contribution in [2.75, 3.05) is 0 Å². The van der Waals surface area contributed by atoms with Crippen molar-refractivity contribution in [1.82, 2.24) is 0 Å². The smallest absolute Gasteiger partial charge is 0.358 e. The third kappa shape index (κ3) is 4.14. The van der Waals surface area contributed by atoms with Crippen LogP contribution in [0.4, 0.5) is 0 Å². The van der Waals surface area contributed by atoms with Crippen LogP contribution in [0, 0.1) is 0 Å². The molecule has 0 aliphatic heterocycles. The molecule has 0 atom stereocenters. The number of nitrogens with two attached hydrogens (primary N) is 1. The van der Waals surface area contributed by atoms with Gasteiger partial charge in [-0.25, -0.2) is 4.79 Å². The van der Waals surface area contributed by atoms with Gasteiger partial charge in [0, 0.05) is 17.5 Å². The number of carbonyl (C=O) groups excluding carboxylic acids is 1. The lowest BCUT2D eigenvalue weighted by Crippen LogP contribution is -2.16. The molecule has 0 saturated carbocycles. The molecule has 1 aromatic carbocycles. The average Bonchev–Trinajstić information content (AvgIpc) is 2.29. The zero-order valence-corrected chi connectivity index (χ0v) is 9.28. The van der Waals surface area contributed by atoms with Crippen LogP contribution >= 0.6 is 11.6 Å². The van der Waals surface area contributed by atoms with Crippen molar-refractivity contribution in [3.8, 4) is 0 Å². The minimum Gasteiger partial charge on any atom is -0.384 e. The summed E-state index contributed by atoms with van der Waals surface area (Å²) in [6, 6.07) is 7.14. The van der Waals surface area contributed by atoms with Gasteiger partial charge >= 0.3 is 5.97 Å². The van der Waals surface area contributed by atoms with Crippen LogP contribution in [-0.2, 0) is 16.1 Å². The summed E-state index contributed by atoms with van der Waals surface area (Å²) >= 11 is 5.73. The summed E-state index contributed by atoms with van der Waals surface area (Å²) in [7, 11) is 0. The quantitative estimate of drug-likeness (QED) is 0.286. The average molecular weight is 239 g/mol. The normalized spacial score (nSPS) is 10.9. The van der Waals surface area contributed by atoms with E-state index in [1.807, 2.05) is 12.1 Å². The number of oxime groups is 1. The summed E-state index contributed by atoms with van der Waals surface area (Å²) in [5.41, 5.74) is 6.48. The largest absolute Gasteiger partial charge is 0.384 e. The zero-order valence-electron chi connectivity index (χ0n) is 8.52. The maximum atomic E-state index is 10.7. The van der Waals surface area contributed by atoms with Crippen LogP contribution in [0.3, 0.4) is 0 Å². The second kappa shape index (κ2) is 5.92. The number of halogens is 1. The minimum absolute atomic E-state index is 0.206. The van der Waals surface area contributed by atoms with Crippen LogP contribution in [-0.4, -0.2) is 11.8 Å². The molecule has 1 aromatic rings. The van der Waals surface area contributed by atoms with Crippen molar-refractivity contribution in [2.45, 2.75) is 6.42 Å². The van der Waals surface area contributed by atoms with Gasteiger partial charge in [-0.05, 0) is 17.7 Å². The summed E-state index contributed by atoms with van der Waals surface area (Å²) < 4.78 is 0. The highest BCUT2D eigenvalue weighted by molar-refractivity contribution is 6.30. The monoisotopic (exact) mass is 238 g/mol. The molecule has 0 aromatic heterocycles. The van der Waals surface area contributed by atoms with Crippen molar-refractivity contribution in [1.29, 1.82) is 0 Å². The third-order valence-electron chi connectivity index (χ3n) is 1.72. The molecule has 0 bridgehead atoms. The number of hydrogen-bond acceptors (Lipinski definition) is 3. The number of benzene rings is 1. The summed E-state index contributed by atoms with van der Waals surface area (Å²) in [4.78, 5) is 15.1. The number of nitrogens with zero attached hydrogens (tertiary/aromatic N) is 1. The first-order chi connectivity index (χ1) is 7.61. The molecule has 0 aliphatic rings. The van der Waals surface area contributed by atoms with Crippen molar-refractivity contribution in [2.24, 2.45) is 10.9 Å². The van der Waals surface area contributed by atoms with Crippen molar-refractivity contribution in [3.05, 3.63) is 47.5 Å². The van der Waals surface area contributed by atoms with E-state index >= 15 is 0 Å². The van der Waals surface area contributed by atoms with Crippen molar-refractivity contribution in [3.63, 3.8) is 0 Å². The first-order valence-corrected chi connectivity index (χ1v) is 4.90. The molecule has 0 radical (unpaired) electrons. The summed E-state index contributed by atoms with van der Waals surface area (Å²) in [5, 5.41) is 4.10. The zero-order chi connectivity index (χ0) is 12.0. The van der Waals surface area contributed by atoms with E-state index < -0.39 is 5.97 Å². The maximum Gasteiger partial charge on any atom is 0.358 e. The molecule has 84 valence electrons. The molecule has 0 amide bonds. The van der Waals surface area contributed by atoms with Gasteiger partial charge in [-0.2, -0.15) is 0 Å². The Morgan fingerprint density at radius 1 is 1.50 bits per heavy atom. The predicted octanol–water partition coefficient (Wildman–Crippen LogP) is 1.88. The van der Waals surface area contributed by atoms with Gasteiger partial charge in [0.25, 0.3) is 0 Å². The second-order valence-electron chi connectivity index (χ2n) is 3.00. The summed E-state index contributed by atoms with van der Waals surface area (Å²) in [5.74, 6) is -0.434. The molecule has 0 fully saturated rings. The van der Waals surface area contributed by atoms with Gasteiger partial charge in [-0.1, -0.05) is 35.5 Å². The Kier molecular flexibility index (Phi) is 4.54. The summed E-state index contributed by atoms with van der Waals surface area (Å²) in [6.45, 7) is 3.23. The standard InChI is InChI=1S/C11H11ClN2O2/c1-2-11(15)16-14-10(13)7-8-3-5-9(12)6-4-8/h2-6H,1,7H2,(H2,13,14). The van der Waals surface area contributed by atoms with Crippen LogP contribution in [0.25, 0.3) is 0 Å². The first-order valence-electron chi connectivity index (χ1n) is 4.52. The fourth-order valence-corrected chi connectivity index (χ4v) is 1.11. The minimum atomic E-state index is -0.640. The molecule has 0 unspecified atom stereocenters. The molecule has 16 heavy (non-hydrogen) atoms. The lowest BCUT2D eigenvalue weighted by atomic mass is 10.1. The molecule has 4 nitrogen and oxygen atoms in total. The van der Waals surface area contributed by atoms with Crippen LogP contribution in [0.1, 0.15) is 5.56 Å². The highest BCUT2D eigenvalue weighted by Gasteiger charge is 1.99. The molecule has 1 rings (SSSR count).